The molecule has 0 unspecified atom stereocenters. The first kappa shape index (κ1) is 8.06. The largest absolute Gasteiger partial charge is 0.316 e. The molecule has 0 saturated carbocycles. The molecule has 1 nitrogen and oxygen atoms in total. The molecule has 0 aromatic carbocycles. The van der Waals surface area contributed by atoms with Gasteiger partial charge in [0.05, 0.1) is 0 Å². The summed E-state index contributed by atoms with van der Waals surface area (Å²) in [5.74, 6) is 1.88. The predicted molar refractivity (Wildman–Crippen MR) is 45.0 cm³/mol. The minimum Gasteiger partial charge on any atom is -0.316 e. The lowest BCUT2D eigenvalue weighted by Gasteiger charge is -2.27. The van der Waals surface area contributed by atoms with Crippen LogP contribution in [0.1, 0.15) is 33.1 Å². The van der Waals surface area contributed by atoms with Crippen LogP contribution in [-0.2, 0) is 0 Å². The second-order valence-corrected chi connectivity index (χ2v) is 3.49. The van der Waals surface area contributed by atoms with Crippen molar-refractivity contribution in [3.8, 4) is 0 Å². The Hall–Kier alpha value is -0.0400. The third-order valence-electron chi connectivity index (χ3n) is 2.78. The van der Waals surface area contributed by atoms with Crippen molar-refractivity contribution in [3.63, 3.8) is 0 Å². The summed E-state index contributed by atoms with van der Waals surface area (Å²) in [5, 5.41) is 3.45. The van der Waals surface area contributed by atoms with Crippen LogP contribution in [-0.4, -0.2) is 13.1 Å². The zero-order chi connectivity index (χ0) is 7.40. The molecule has 0 radical (unpaired) electrons. The highest BCUT2D eigenvalue weighted by molar-refractivity contribution is 4.72. The fourth-order valence-corrected chi connectivity index (χ4v) is 1.70. The zero-order valence-electron chi connectivity index (χ0n) is 7.19. The average Bonchev–Trinajstić information content (AvgIpc) is 2.05. The molecule has 1 aliphatic rings. The van der Waals surface area contributed by atoms with Gasteiger partial charge in [-0.1, -0.05) is 20.3 Å². The average molecular weight is 141 g/mol. The summed E-state index contributed by atoms with van der Waals surface area (Å²) in [7, 11) is 0. The second-order valence-electron chi connectivity index (χ2n) is 3.49. The van der Waals surface area contributed by atoms with Gasteiger partial charge in [-0.2, -0.15) is 0 Å². The highest BCUT2D eigenvalue weighted by Crippen LogP contribution is 2.21. The monoisotopic (exact) mass is 141 g/mol. The summed E-state index contributed by atoms with van der Waals surface area (Å²) in [4.78, 5) is 0. The molecular formula is C9H19N. The lowest BCUT2D eigenvalue weighted by atomic mass is 9.86. The molecule has 1 rings (SSSR count). The van der Waals surface area contributed by atoms with Crippen LogP contribution < -0.4 is 5.32 Å². The lowest BCUT2D eigenvalue weighted by Crippen LogP contribution is -2.33. The summed E-state index contributed by atoms with van der Waals surface area (Å²) in [6.07, 6.45) is 4.17. The van der Waals surface area contributed by atoms with E-state index >= 15 is 0 Å². The Labute approximate surface area is 64.2 Å². The summed E-state index contributed by atoms with van der Waals surface area (Å²) in [6.45, 7) is 7.17. The van der Waals surface area contributed by atoms with E-state index < -0.39 is 0 Å². The molecule has 1 saturated heterocycles. The molecule has 1 heterocycles. The first-order valence-corrected chi connectivity index (χ1v) is 4.55. The van der Waals surface area contributed by atoms with E-state index in [1.165, 1.54) is 32.4 Å². The van der Waals surface area contributed by atoms with Crippen molar-refractivity contribution in [1.82, 2.24) is 5.32 Å². The van der Waals surface area contributed by atoms with Crippen molar-refractivity contribution in [2.45, 2.75) is 33.1 Å². The van der Waals surface area contributed by atoms with Gasteiger partial charge < -0.3 is 5.32 Å². The number of piperidine rings is 1. The van der Waals surface area contributed by atoms with E-state index in [2.05, 4.69) is 19.2 Å². The van der Waals surface area contributed by atoms with Gasteiger partial charge in [-0.3, -0.25) is 0 Å². The van der Waals surface area contributed by atoms with Crippen LogP contribution in [0.15, 0.2) is 0 Å². The van der Waals surface area contributed by atoms with Crippen LogP contribution in [0.4, 0.5) is 0 Å². The molecule has 1 heteroatoms. The van der Waals surface area contributed by atoms with Crippen LogP contribution in [0, 0.1) is 11.8 Å². The minimum absolute atomic E-state index is 0.924. The Kier molecular flexibility index (Phi) is 3.20. The molecule has 2 atom stereocenters. The van der Waals surface area contributed by atoms with E-state index in [0.717, 1.165) is 11.8 Å². The number of rotatable bonds is 2. The molecule has 10 heavy (non-hydrogen) atoms. The van der Waals surface area contributed by atoms with Gasteiger partial charge in [0.1, 0.15) is 0 Å². The van der Waals surface area contributed by atoms with Crippen LogP contribution in [0.3, 0.4) is 0 Å². The van der Waals surface area contributed by atoms with Crippen LogP contribution >= 0.6 is 0 Å². The molecule has 0 aromatic rings. The van der Waals surface area contributed by atoms with Gasteiger partial charge in [0.25, 0.3) is 0 Å². The molecule has 0 amide bonds. The van der Waals surface area contributed by atoms with Crippen molar-refractivity contribution in [3.05, 3.63) is 0 Å². The van der Waals surface area contributed by atoms with Crippen molar-refractivity contribution in [2.24, 2.45) is 11.8 Å². The molecule has 0 bridgehead atoms. The number of hydrogen-bond acceptors (Lipinski definition) is 1. The first-order chi connectivity index (χ1) is 4.84. The number of hydrogen-bond donors (Lipinski definition) is 1. The fourth-order valence-electron chi connectivity index (χ4n) is 1.70. The van der Waals surface area contributed by atoms with Gasteiger partial charge in [0.15, 0.2) is 0 Å². The van der Waals surface area contributed by atoms with E-state index in [0.29, 0.717) is 0 Å². The van der Waals surface area contributed by atoms with Crippen molar-refractivity contribution in [2.75, 3.05) is 13.1 Å². The number of nitrogens with one attached hydrogen (secondary N) is 1. The molecule has 1 N–H and O–H groups in total. The van der Waals surface area contributed by atoms with Crippen LogP contribution in [0.25, 0.3) is 0 Å². The smallest absolute Gasteiger partial charge is 0.00180 e. The maximum Gasteiger partial charge on any atom is -0.00180 e. The lowest BCUT2D eigenvalue weighted by molar-refractivity contribution is 0.274. The predicted octanol–water partition coefficient (Wildman–Crippen LogP) is 2.03. The van der Waals surface area contributed by atoms with Crippen molar-refractivity contribution in [1.29, 1.82) is 0 Å². The summed E-state index contributed by atoms with van der Waals surface area (Å²) < 4.78 is 0. The molecule has 0 aromatic heterocycles. The normalized spacial score (nSPS) is 30.0. The third-order valence-corrected chi connectivity index (χ3v) is 2.78. The van der Waals surface area contributed by atoms with Gasteiger partial charge in [-0.25, -0.2) is 0 Å². The Morgan fingerprint density at radius 2 is 2.40 bits per heavy atom. The van der Waals surface area contributed by atoms with Gasteiger partial charge >= 0.3 is 0 Å². The summed E-state index contributed by atoms with van der Waals surface area (Å²) in [6, 6.07) is 0. The Morgan fingerprint density at radius 3 is 2.90 bits per heavy atom. The van der Waals surface area contributed by atoms with E-state index in [1.807, 2.05) is 0 Å². The van der Waals surface area contributed by atoms with E-state index in [-0.39, 0.29) is 0 Å². The second kappa shape index (κ2) is 3.97. The molecule has 1 aliphatic heterocycles. The van der Waals surface area contributed by atoms with E-state index in [9.17, 15) is 0 Å². The van der Waals surface area contributed by atoms with Crippen LogP contribution in [0.5, 0.6) is 0 Å². The van der Waals surface area contributed by atoms with Crippen molar-refractivity contribution >= 4 is 0 Å². The summed E-state index contributed by atoms with van der Waals surface area (Å²) in [5.41, 5.74) is 0. The molecule has 1 fully saturated rings. The summed E-state index contributed by atoms with van der Waals surface area (Å²) >= 11 is 0. The van der Waals surface area contributed by atoms with Gasteiger partial charge in [-0.05, 0) is 37.8 Å². The topological polar surface area (TPSA) is 12.0 Å². The highest BCUT2D eigenvalue weighted by Gasteiger charge is 2.17. The zero-order valence-corrected chi connectivity index (χ0v) is 7.19. The molecule has 60 valence electrons. The van der Waals surface area contributed by atoms with E-state index in [1.54, 1.807) is 0 Å². The molecular weight excluding hydrogens is 122 g/mol. The SMILES string of the molecule is CC[C@H](C)[C@H]1CCCNC1. The Morgan fingerprint density at radius 1 is 1.60 bits per heavy atom. The highest BCUT2D eigenvalue weighted by atomic mass is 14.9. The molecule has 0 aliphatic carbocycles. The van der Waals surface area contributed by atoms with E-state index in [4.69, 9.17) is 0 Å². The fraction of sp³-hybridized carbons (Fsp3) is 1.00. The maximum absolute atomic E-state index is 3.45. The van der Waals surface area contributed by atoms with Gasteiger partial charge in [-0.15, -0.1) is 0 Å². The quantitative estimate of drug-likeness (QED) is 0.620. The first-order valence-electron chi connectivity index (χ1n) is 4.55. The Balaban J connectivity index is 2.24. The standard InChI is InChI=1S/C9H19N/c1-3-8(2)9-5-4-6-10-7-9/h8-10H,3-7H2,1-2H3/t8-,9-/m0/s1. The maximum atomic E-state index is 3.45. The van der Waals surface area contributed by atoms with Gasteiger partial charge in [0, 0.05) is 0 Å². The Bertz CT molecular complexity index is 84.7. The third kappa shape index (κ3) is 1.98. The van der Waals surface area contributed by atoms with Gasteiger partial charge in [0.2, 0.25) is 0 Å². The minimum atomic E-state index is 0.924. The van der Waals surface area contributed by atoms with Crippen molar-refractivity contribution < 1.29 is 0 Å². The van der Waals surface area contributed by atoms with Crippen LogP contribution in [0.2, 0.25) is 0 Å². The molecule has 0 spiro atoms.